The molecule has 0 aromatic carbocycles. The van der Waals surface area contributed by atoms with Gasteiger partial charge in [0, 0.05) is 5.92 Å². The standard InChI is InChI=1S/C11H12ClNO2/c12-4-10(15-6-14)11-8-2-1-7(3-8)9(11)5-13/h1-2,6-11H,3-4H2/t7-,8+,9+,10+,11-/m0/s1. The highest BCUT2D eigenvalue weighted by Gasteiger charge is 2.48. The maximum Gasteiger partial charge on any atom is 0.293 e. The molecule has 0 N–H and O–H groups in total. The summed E-state index contributed by atoms with van der Waals surface area (Å²) in [7, 11) is 0. The lowest BCUT2D eigenvalue weighted by Crippen LogP contribution is -2.33. The minimum atomic E-state index is -0.325. The van der Waals surface area contributed by atoms with Crippen LogP contribution in [0.2, 0.25) is 0 Å². The summed E-state index contributed by atoms with van der Waals surface area (Å²) in [6, 6.07) is 2.31. The van der Waals surface area contributed by atoms with Crippen LogP contribution in [-0.4, -0.2) is 18.5 Å². The van der Waals surface area contributed by atoms with Gasteiger partial charge in [-0.25, -0.2) is 0 Å². The van der Waals surface area contributed by atoms with E-state index in [4.69, 9.17) is 21.6 Å². The lowest BCUT2D eigenvalue weighted by molar-refractivity contribution is -0.135. The molecule has 0 aromatic rings. The molecule has 2 aliphatic carbocycles. The highest BCUT2D eigenvalue weighted by molar-refractivity contribution is 6.18. The molecule has 0 spiro atoms. The topological polar surface area (TPSA) is 50.1 Å². The van der Waals surface area contributed by atoms with E-state index >= 15 is 0 Å². The van der Waals surface area contributed by atoms with E-state index < -0.39 is 0 Å². The highest BCUT2D eigenvalue weighted by Crippen LogP contribution is 2.49. The number of carbonyl (C=O) groups is 1. The van der Waals surface area contributed by atoms with Crippen LogP contribution in [0.1, 0.15) is 6.42 Å². The second-order valence-electron chi connectivity index (χ2n) is 4.11. The summed E-state index contributed by atoms with van der Waals surface area (Å²) in [6.45, 7) is 0.428. The molecule has 0 radical (unpaired) electrons. The Labute approximate surface area is 93.7 Å². The zero-order chi connectivity index (χ0) is 10.8. The molecule has 1 saturated carbocycles. The molecule has 2 bridgehead atoms. The van der Waals surface area contributed by atoms with Gasteiger partial charge in [0.15, 0.2) is 0 Å². The van der Waals surface area contributed by atoms with Crippen molar-refractivity contribution in [2.24, 2.45) is 23.7 Å². The third-order valence-corrected chi connectivity index (χ3v) is 3.79. The largest absolute Gasteiger partial charge is 0.463 e. The van der Waals surface area contributed by atoms with Crippen molar-refractivity contribution in [1.82, 2.24) is 0 Å². The fraction of sp³-hybridized carbons (Fsp3) is 0.636. The normalized spacial score (nSPS) is 38.7. The second kappa shape index (κ2) is 4.24. The Morgan fingerprint density at radius 3 is 2.93 bits per heavy atom. The third kappa shape index (κ3) is 1.63. The number of allylic oxidation sites excluding steroid dienone is 2. The zero-order valence-electron chi connectivity index (χ0n) is 8.17. The van der Waals surface area contributed by atoms with Gasteiger partial charge in [-0.05, 0) is 18.3 Å². The fourth-order valence-electron chi connectivity index (χ4n) is 2.85. The molecule has 2 aliphatic rings. The first-order chi connectivity index (χ1) is 7.31. The number of rotatable bonds is 4. The highest BCUT2D eigenvalue weighted by atomic mass is 35.5. The number of ether oxygens (including phenoxy) is 1. The smallest absolute Gasteiger partial charge is 0.293 e. The minimum Gasteiger partial charge on any atom is -0.463 e. The van der Waals surface area contributed by atoms with Crippen molar-refractivity contribution in [1.29, 1.82) is 5.26 Å². The first-order valence-corrected chi connectivity index (χ1v) is 5.58. The van der Waals surface area contributed by atoms with Crippen LogP contribution in [0.15, 0.2) is 12.2 Å². The molecule has 0 heterocycles. The van der Waals surface area contributed by atoms with Crippen molar-refractivity contribution in [2.75, 3.05) is 5.88 Å². The quantitative estimate of drug-likeness (QED) is 0.416. The summed E-state index contributed by atoms with van der Waals surface area (Å²) in [5.74, 6) is 0.962. The summed E-state index contributed by atoms with van der Waals surface area (Å²) in [4.78, 5) is 10.4. The van der Waals surface area contributed by atoms with Gasteiger partial charge >= 0.3 is 0 Å². The van der Waals surface area contributed by atoms with Crippen LogP contribution in [0.25, 0.3) is 0 Å². The molecule has 2 rings (SSSR count). The van der Waals surface area contributed by atoms with E-state index in [2.05, 4.69) is 18.2 Å². The van der Waals surface area contributed by atoms with Crippen LogP contribution in [0.5, 0.6) is 0 Å². The molecule has 0 aliphatic heterocycles. The molecular formula is C11H12ClNO2. The molecular weight excluding hydrogens is 214 g/mol. The molecule has 0 aromatic heterocycles. The molecule has 0 saturated heterocycles. The first-order valence-electron chi connectivity index (χ1n) is 5.04. The summed E-state index contributed by atoms with van der Waals surface area (Å²) < 4.78 is 4.96. The number of nitriles is 1. The second-order valence-corrected chi connectivity index (χ2v) is 4.41. The van der Waals surface area contributed by atoms with E-state index in [1.165, 1.54) is 0 Å². The molecule has 5 atom stereocenters. The van der Waals surface area contributed by atoms with Gasteiger partial charge < -0.3 is 4.74 Å². The SMILES string of the molecule is N#C[C@H]1[C@@H]([C@@H](CCl)OC=O)[C@@H]2C=C[C@H]1C2. The molecule has 15 heavy (non-hydrogen) atoms. The number of alkyl halides is 1. The van der Waals surface area contributed by atoms with Crippen LogP contribution in [0.3, 0.4) is 0 Å². The molecule has 4 heteroatoms. The Balaban J connectivity index is 2.17. The van der Waals surface area contributed by atoms with Crippen molar-refractivity contribution >= 4 is 18.1 Å². The van der Waals surface area contributed by atoms with E-state index in [1.54, 1.807) is 0 Å². The van der Waals surface area contributed by atoms with Gasteiger partial charge in [0.1, 0.15) is 6.10 Å². The maximum absolute atomic E-state index is 10.4. The Kier molecular flexibility index (Phi) is 2.97. The van der Waals surface area contributed by atoms with E-state index in [9.17, 15) is 4.79 Å². The number of hydrogen-bond acceptors (Lipinski definition) is 3. The summed E-state index contributed by atoms with van der Waals surface area (Å²) >= 11 is 5.77. The molecule has 3 nitrogen and oxygen atoms in total. The van der Waals surface area contributed by atoms with Gasteiger partial charge in [-0.1, -0.05) is 12.2 Å². The lowest BCUT2D eigenvalue weighted by Gasteiger charge is -2.28. The monoisotopic (exact) mass is 225 g/mol. The van der Waals surface area contributed by atoms with Crippen LogP contribution >= 0.6 is 11.6 Å². The van der Waals surface area contributed by atoms with E-state index in [1.807, 2.05) is 0 Å². The van der Waals surface area contributed by atoms with Crippen molar-refractivity contribution in [2.45, 2.75) is 12.5 Å². The molecule has 80 valence electrons. The van der Waals surface area contributed by atoms with Crippen molar-refractivity contribution in [3.05, 3.63) is 12.2 Å². The van der Waals surface area contributed by atoms with Crippen molar-refractivity contribution in [3.63, 3.8) is 0 Å². The Morgan fingerprint density at radius 2 is 2.33 bits per heavy atom. The van der Waals surface area contributed by atoms with Crippen LogP contribution in [-0.2, 0) is 9.53 Å². The minimum absolute atomic E-state index is 0.0521. The zero-order valence-corrected chi connectivity index (χ0v) is 8.93. The predicted molar refractivity (Wildman–Crippen MR) is 55.0 cm³/mol. The number of fused-ring (bicyclic) bond motifs is 2. The number of carbonyl (C=O) groups excluding carboxylic acids is 1. The van der Waals surface area contributed by atoms with Gasteiger partial charge in [-0.15, -0.1) is 11.6 Å². The van der Waals surface area contributed by atoms with Gasteiger partial charge in [-0.3, -0.25) is 4.79 Å². The molecule has 0 amide bonds. The number of nitrogens with zero attached hydrogens (tertiary/aromatic N) is 1. The maximum atomic E-state index is 10.4. The first kappa shape index (κ1) is 10.5. The van der Waals surface area contributed by atoms with Crippen molar-refractivity contribution in [3.8, 4) is 6.07 Å². The Morgan fingerprint density at radius 1 is 1.60 bits per heavy atom. The van der Waals surface area contributed by atoms with Crippen molar-refractivity contribution < 1.29 is 9.53 Å². The van der Waals surface area contributed by atoms with E-state index in [-0.39, 0.29) is 23.8 Å². The summed E-state index contributed by atoms with van der Waals surface area (Å²) in [5, 5.41) is 9.10. The number of halogens is 1. The van der Waals surface area contributed by atoms with Crippen LogP contribution in [0, 0.1) is 35.0 Å². The van der Waals surface area contributed by atoms with Gasteiger partial charge in [-0.2, -0.15) is 5.26 Å². The third-order valence-electron chi connectivity index (χ3n) is 3.48. The van der Waals surface area contributed by atoms with E-state index in [0.29, 0.717) is 18.3 Å². The number of hydrogen-bond donors (Lipinski definition) is 0. The summed E-state index contributed by atoms with van der Waals surface area (Å²) in [5.41, 5.74) is 0. The fourth-order valence-corrected chi connectivity index (χ4v) is 3.13. The lowest BCUT2D eigenvalue weighted by atomic mass is 9.81. The predicted octanol–water partition coefficient (Wildman–Crippen LogP) is 1.73. The van der Waals surface area contributed by atoms with Gasteiger partial charge in [0.2, 0.25) is 0 Å². The van der Waals surface area contributed by atoms with Crippen LogP contribution in [0.4, 0.5) is 0 Å². The van der Waals surface area contributed by atoms with Crippen LogP contribution < -0.4 is 0 Å². The van der Waals surface area contributed by atoms with Gasteiger partial charge in [0.25, 0.3) is 6.47 Å². The Hall–Kier alpha value is -1.01. The molecule has 1 fully saturated rings. The summed E-state index contributed by atoms with van der Waals surface area (Å²) in [6.07, 6.45) is 4.89. The Bertz CT molecular complexity index is 323. The average Bonchev–Trinajstić information content (AvgIpc) is 2.85. The van der Waals surface area contributed by atoms with E-state index in [0.717, 1.165) is 6.42 Å². The van der Waals surface area contributed by atoms with Gasteiger partial charge in [0.05, 0.1) is 17.9 Å². The average molecular weight is 226 g/mol. The molecule has 0 unspecified atom stereocenters.